The monoisotopic (exact) mass is 480 g/mol. The van der Waals surface area contributed by atoms with Crippen LogP contribution in [-0.4, -0.2) is 46.9 Å². The molecule has 4 aromatic rings. The molecule has 2 unspecified atom stereocenters. The summed E-state index contributed by atoms with van der Waals surface area (Å²) in [5.74, 6) is 0.979. The number of hydrogen-bond donors (Lipinski definition) is 0. The predicted octanol–water partition coefficient (Wildman–Crippen LogP) is 5.43. The van der Waals surface area contributed by atoms with E-state index in [4.69, 9.17) is 14.6 Å². The molecule has 0 radical (unpaired) electrons. The Kier molecular flexibility index (Phi) is 5.82. The highest BCUT2D eigenvalue weighted by Crippen LogP contribution is 2.35. The van der Waals surface area contributed by atoms with E-state index in [1.807, 2.05) is 42.1 Å². The number of benzene rings is 3. The molecule has 2 atom stereocenters. The van der Waals surface area contributed by atoms with E-state index in [1.165, 1.54) is 0 Å². The van der Waals surface area contributed by atoms with Crippen LogP contribution in [0.2, 0.25) is 0 Å². The highest BCUT2D eigenvalue weighted by molar-refractivity contribution is 5.97. The van der Waals surface area contributed by atoms with Crippen LogP contribution in [0.15, 0.2) is 54.6 Å². The standard InChI is InChI=1S/C29H28N4O3/c1-32-23(9-12-27(32)34)18-36-24-10-8-20-15-22(7-6-21(20)16-24)29-25-14-19(17-30)5-11-26(25)33(31-29)28-4-2-3-13-35-28/h5-8,10-11,14-16,23,28H,2-4,9,12-13,18H2,1H3. The van der Waals surface area contributed by atoms with Gasteiger partial charge in [0.25, 0.3) is 0 Å². The van der Waals surface area contributed by atoms with Crippen LogP contribution in [0.3, 0.4) is 0 Å². The van der Waals surface area contributed by atoms with Crippen molar-refractivity contribution in [2.24, 2.45) is 0 Å². The van der Waals surface area contributed by atoms with Gasteiger partial charge < -0.3 is 14.4 Å². The van der Waals surface area contributed by atoms with Crippen molar-refractivity contribution in [3.63, 3.8) is 0 Å². The summed E-state index contributed by atoms with van der Waals surface area (Å²) in [6, 6.07) is 20.5. The number of carbonyl (C=O) groups excluding carboxylic acids is 1. The molecule has 36 heavy (non-hydrogen) atoms. The zero-order valence-electron chi connectivity index (χ0n) is 20.3. The Morgan fingerprint density at radius 2 is 1.94 bits per heavy atom. The minimum absolute atomic E-state index is 0.0858. The maximum atomic E-state index is 11.8. The SMILES string of the molecule is CN1C(=O)CCC1COc1ccc2cc(-c3nn(C4CCCCO4)c4ccc(C#N)cc34)ccc2c1. The molecule has 0 bridgehead atoms. The first-order valence-corrected chi connectivity index (χ1v) is 12.6. The molecule has 182 valence electrons. The molecule has 0 saturated carbocycles. The van der Waals surface area contributed by atoms with Crippen LogP contribution in [0.1, 0.15) is 43.9 Å². The Morgan fingerprint density at radius 1 is 1.08 bits per heavy atom. The van der Waals surface area contributed by atoms with Crippen molar-refractivity contribution in [3.05, 3.63) is 60.2 Å². The molecule has 7 heteroatoms. The average Bonchev–Trinajstić information content (AvgIpc) is 3.46. The van der Waals surface area contributed by atoms with E-state index in [-0.39, 0.29) is 18.2 Å². The number of rotatable bonds is 5. The van der Waals surface area contributed by atoms with Crippen molar-refractivity contribution in [3.8, 4) is 23.1 Å². The lowest BCUT2D eigenvalue weighted by molar-refractivity contribution is -0.127. The lowest BCUT2D eigenvalue weighted by Crippen LogP contribution is -2.33. The molecule has 2 aliphatic heterocycles. The third-order valence-corrected chi connectivity index (χ3v) is 7.42. The van der Waals surface area contributed by atoms with Crippen molar-refractivity contribution < 1.29 is 14.3 Å². The molecule has 6 rings (SSSR count). The maximum Gasteiger partial charge on any atom is 0.222 e. The highest BCUT2D eigenvalue weighted by atomic mass is 16.5. The fourth-order valence-electron chi connectivity index (χ4n) is 5.27. The van der Waals surface area contributed by atoms with Crippen LogP contribution in [-0.2, 0) is 9.53 Å². The average molecular weight is 481 g/mol. The van der Waals surface area contributed by atoms with Gasteiger partial charge in [-0.2, -0.15) is 10.4 Å². The van der Waals surface area contributed by atoms with Crippen LogP contribution >= 0.6 is 0 Å². The van der Waals surface area contributed by atoms with Crippen molar-refractivity contribution in [2.45, 2.75) is 44.4 Å². The van der Waals surface area contributed by atoms with E-state index in [9.17, 15) is 10.1 Å². The molecule has 0 spiro atoms. The largest absolute Gasteiger partial charge is 0.491 e. The van der Waals surface area contributed by atoms with E-state index < -0.39 is 0 Å². The Bertz CT molecular complexity index is 1500. The van der Waals surface area contributed by atoms with Crippen molar-refractivity contribution in [1.82, 2.24) is 14.7 Å². The minimum atomic E-state index is -0.0858. The van der Waals surface area contributed by atoms with E-state index in [1.54, 1.807) is 4.90 Å². The van der Waals surface area contributed by atoms with Crippen molar-refractivity contribution in [1.29, 1.82) is 5.26 Å². The summed E-state index contributed by atoms with van der Waals surface area (Å²) in [6.45, 7) is 1.24. The summed E-state index contributed by atoms with van der Waals surface area (Å²) in [5, 5.41) is 17.6. The number of hydrogen-bond acceptors (Lipinski definition) is 5. The molecule has 0 aliphatic carbocycles. The van der Waals surface area contributed by atoms with Gasteiger partial charge in [0.15, 0.2) is 6.23 Å². The van der Waals surface area contributed by atoms with Gasteiger partial charge >= 0.3 is 0 Å². The van der Waals surface area contributed by atoms with Gasteiger partial charge in [-0.15, -0.1) is 0 Å². The quantitative estimate of drug-likeness (QED) is 0.381. The fourth-order valence-corrected chi connectivity index (χ4v) is 5.27. The van der Waals surface area contributed by atoms with Gasteiger partial charge in [-0.3, -0.25) is 4.79 Å². The lowest BCUT2D eigenvalue weighted by atomic mass is 10.0. The summed E-state index contributed by atoms with van der Waals surface area (Å²) in [4.78, 5) is 13.6. The summed E-state index contributed by atoms with van der Waals surface area (Å²) < 4.78 is 14.0. The smallest absolute Gasteiger partial charge is 0.222 e. The first kappa shape index (κ1) is 22.6. The molecule has 7 nitrogen and oxygen atoms in total. The molecular weight excluding hydrogens is 452 g/mol. The fraction of sp³-hybridized carbons (Fsp3) is 0.345. The highest BCUT2D eigenvalue weighted by Gasteiger charge is 2.28. The van der Waals surface area contributed by atoms with Crippen LogP contribution < -0.4 is 4.74 Å². The van der Waals surface area contributed by atoms with E-state index in [0.717, 1.165) is 71.0 Å². The third-order valence-electron chi connectivity index (χ3n) is 7.42. The van der Waals surface area contributed by atoms with Gasteiger partial charge in [-0.25, -0.2) is 4.68 Å². The summed E-state index contributed by atoms with van der Waals surface area (Å²) in [5.41, 5.74) is 3.45. The predicted molar refractivity (Wildman–Crippen MR) is 138 cm³/mol. The molecule has 2 aliphatic rings. The molecule has 3 aromatic carbocycles. The van der Waals surface area contributed by atoms with Gasteiger partial charge in [0.05, 0.1) is 23.2 Å². The van der Waals surface area contributed by atoms with E-state index >= 15 is 0 Å². The number of likely N-dealkylation sites (tertiary alicyclic amines) is 1. The number of nitrogens with zero attached hydrogens (tertiary/aromatic N) is 4. The number of amides is 1. The molecule has 2 fully saturated rings. The van der Waals surface area contributed by atoms with Gasteiger partial charge in [0.2, 0.25) is 5.91 Å². The number of likely N-dealkylation sites (N-methyl/N-ethyl adjacent to an activating group) is 1. The number of nitriles is 1. The first-order valence-electron chi connectivity index (χ1n) is 12.6. The zero-order valence-corrected chi connectivity index (χ0v) is 20.3. The Labute approximate surface area is 209 Å². The summed E-state index contributed by atoms with van der Waals surface area (Å²) >= 11 is 0. The molecular formula is C29H28N4O3. The zero-order chi connectivity index (χ0) is 24.6. The Hall–Kier alpha value is -3.89. The van der Waals surface area contributed by atoms with Crippen LogP contribution in [0.5, 0.6) is 5.75 Å². The summed E-state index contributed by atoms with van der Waals surface area (Å²) in [6.07, 6.45) is 4.47. The molecule has 1 amide bonds. The third kappa shape index (κ3) is 4.08. The van der Waals surface area contributed by atoms with Crippen LogP contribution in [0.4, 0.5) is 0 Å². The van der Waals surface area contributed by atoms with Gasteiger partial charge in [0, 0.05) is 31.0 Å². The molecule has 0 N–H and O–H groups in total. The van der Waals surface area contributed by atoms with Crippen molar-refractivity contribution >= 4 is 27.6 Å². The van der Waals surface area contributed by atoms with Gasteiger partial charge in [0.1, 0.15) is 18.1 Å². The number of fused-ring (bicyclic) bond motifs is 2. The number of carbonyl (C=O) groups is 1. The molecule has 2 saturated heterocycles. The summed E-state index contributed by atoms with van der Waals surface area (Å²) in [7, 11) is 1.84. The van der Waals surface area contributed by atoms with Gasteiger partial charge in [-0.1, -0.05) is 18.2 Å². The van der Waals surface area contributed by atoms with E-state index in [0.29, 0.717) is 18.6 Å². The van der Waals surface area contributed by atoms with E-state index in [2.05, 4.69) is 30.3 Å². The second-order valence-corrected chi connectivity index (χ2v) is 9.69. The Morgan fingerprint density at radius 3 is 2.72 bits per heavy atom. The second-order valence-electron chi connectivity index (χ2n) is 9.69. The number of aromatic nitrogens is 2. The number of ether oxygens (including phenoxy) is 2. The first-order chi connectivity index (χ1) is 17.6. The maximum absolute atomic E-state index is 11.8. The Balaban J connectivity index is 1.32. The van der Waals surface area contributed by atoms with Crippen molar-refractivity contribution in [2.75, 3.05) is 20.3 Å². The normalized spacial score (nSPS) is 20.2. The second kappa shape index (κ2) is 9.29. The van der Waals surface area contributed by atoms with Crippen LogP contribution in [0, 0.1) is 11.3 Å². The van der Waals surface area contributed by atoms with Gasteiger partial charge in [-0.05, 0) is 72.9 Å². The van der Waals surface area contributed by atoms with Crippen LogP contribution in [0.25, 0.3) is 32.9 Å². The molecule has 3 heterocycles. The molecule has 1 aromatic heterocycles. The topological polar surface area (TPSA) is 80.4 Å². The minimum Gasteiger partial charge on any atom is -0.491 e. The lowest BCUT2D eigenvalue weighted by Gasteiger charge is -2.23.